The van der Waals surface area contributed by atoms with Crippen LogP contribution in [-0.2, 0) is 20.0 Å². The molecule has 0 heterocycles. The molecular weight excluding hydrogens is 356 g/mol. The van der Waals surface area contributed by atoms with Gasteiger partial charge in [0.05, 0.1) is 29.7 Å². The number of hydrogen-bond acceptors (Lipinski definition) is 6. The lowest BCUT2D eigenvalue weighted by Crippen LogP contribution is -2.15. The molecule has 0 fully saturated rings. The molecule has 0 aromatic heterocycles. The summed E-state index contributed by atoms with van der Waals surface area (Å²) in [6.45, 7) is 0. The third kappa shape index (κ3) is 3.96. The Kier molecular flexibility index (Phi) is 5.02. The predicted octanol–water partition coefficient (Wildman–Crippen LogP) is 1.15. The van der Waals surface area contributed by atoms with Gasteiger partial charge in [-0.2, -0.15) is 0 Å². The summed E-state index contributed by atoms with van der Waals surface area (Å²) in [5.74, 6) is 0.631. The maximum Gasteiger partial charge on any atom is 0.262 e. The van der Waals surface area contributed by atoms with Crippen LogP contribution in [0.25, 0.3) is 0 Å². The molecular formula is C14H16N2O6S2. The molecule has 0 saturated carbocycles. The van der Waals surface area contributed by atoms with Crippen molar-refractivity contribution in [3.63, 3.8) is 0 Å². The van der Waals surface area contributed by atoms with Crippen molar-refractivity contribution >= 4 is 25.7 Å². The lowest BCUT2D eigenvalue weighted by molar-refractivity contribution is 0.354. The summed E-state index contributed by atoms with van der Waals surface area (Å²) in [7, 11) is -5.07. The lowest BCUT2D eigenvalue weighted by atomic mass is 10.3. The minimum atomic E-state index is -3.95. The highest BCUT2D eigenvalue weighted by Crippen LogP contribution is 2.30. The van der Waals surface area contributed by atoms with E-state index in [1.54, 1.807) is 0 Å². The van der Waals surface area contributed by atoms with Gasteiger partial charge < -0.3 is 9.47 Å². The molecule has 8 nitrogen and oxygen atoms in total. The predicted molar refractivity (Wildman–Crippen MR) is 88.2 cm³/mol. The van der Waals surface area contributed by atoms with Gasteiger partial charge in [0.25, 0.3) is 10.0 Å². The van der Waals surface area contributed by atoms with Crippen molar-refractivity contribution in [1.29, 1.82) is 0 Å². The van der Waals surface area contributed by atoms with E-state index in [4.69, 9.17) is 14.6 Å². The molecule has 0 atom stereocenters. The summed E-state index contributed by atoms with van der Waals surface area (Å²) in [4.78, 5) is -0.267. The highest BCUT2D eigenvalue weighted by atomic mass is 32.2. The van der Waals surface area contributed by atoms with Gasteiger partial charge in [-0.1, -0.05) is 6.07 Å². The van der Waals surface area contributed by atoms with E-state index in [1.807, 2.05) is 0 Å². The largest absolute Gasteiger partial charge is 0.493 e. The van der Waals surface area contributed by atoms with Gasteiger partial charge in [-0.25, -0.2) is 22.0 Å². The summed E-state index contributed by atoms with van der Waals surface area (Å²) in [5, 5.41) is 5.03. The molecule has 0 saturated heterocycles. The number of methoxy groups -OCH3 is 2. The Bertz CT molecular complexity index is 955. The van der Waals surface area contributed by atoms with Crippen LogP contribution in [0.3, 0.4) is 0 Å². The minimum absolute atomic E-state index is 0.0660. The van der Waals surface area contributed by atoms with Crippen molar-refractivity contribution in [1.82, 2.24) is 0 Å². The van der Waals surface area contributed by atoms with Crippen molar-refractivity contribution in [2.45, 2.75) is 9.79 Å². The van der Waals surface area contributed by atoms with Gasteiger partial charge >= 0.3 is 0 Å². The Labute approximate surface area is 140 Å². The molecule has 0 amide bonds. The average molecular weight is 372 g/mol. The molecule has 0 aliphatic carbocycles. The van der Waals surface area contributed by atoms with Crippen LogP contribution in [0.2, 0.25) is 0 Å². The van der Waals surface area contributed by atoms with Gasteiger partial charge in [0.2, 0.25) is 10.0 Å². The van der Waals surface area contributed by atoms with Gasteiger partial charge in [0, 0.05) is 6.07 Å². The molecule has 2 aromatic rings. The van der Waals surface area contributed by atoms with Gasteiger partial charge in [-0.3, -0.25) is 4.72 Å². The summed E-state index contributed by atoms with van der Waals surface area (Å²) >= 11 is 0. The number of ether oxygens (including phenoxy) is 2. The number of anilines is 1. The van der Waals surface area contributed by atoms with Crippen LogP contribution >= 0.6 is 0 Å². The standard InChI is InChI=1S/C14H16N2O6S2/c1-21-13-7-6-12(9-14(13)22-2)24(19,20)16-10-4-3-5-11(8-10)23(15,17)18/h3-9,16H,1-2H3,(H2,15,17,18). The molecule has 0 spiro atoms. The lowest BCUT2D eigenvalue weighted by Gasteiger charge is -2.12. The molecule has 24 heavy (non-hydrogen) atoms. The quantitative estimate of drug-likeness (QED) is 0.784. The van der Waals surface area contributed by atoms with Gasteiger partial charge in [0.15, 0.2) is 11.5 Å². The van der Waals surface area contributed by atoms with E-state index in [0.717, 1.165) is 6.07 Å². The first kappa shape index (κ1) is 18.0. The van der Waals surface area contributed by atoms with E-state index in [2.05, 4.69) is 4.72 Å². The van der Waals surface area contributed by atoms with E-state index in [-0.39, 0.29) is 21.2 Å². The van der Waals surface area contributed by atoms with Crippen LogP contribution in [0.4, 0.5) is 5.69 Å². The summed E-state index contributed by atoms with van der Waals surface area (Å²) in [6, 6.07) is 9.28. The first-order valence-corrected chi connectivity index (χ1v) is 9.58. The molecule has 0 bridgehead atoms. The fraction of sp³-hybridized carbons (Fsp3) is 0.143. The molecule has 2 aromatic carbocycles. The zero-order chi connectivity index (χ0) is 18.0. The summed E-state index contributed by atoms with van der Waals surface area (Å²) < 4.78 is 60.0. The van der Waals surface area contributed by atoms with Crippen molar-refractivity contribution in [3.8, 4) is 11.5 Å². The highest BCUT2D eigenvalue weighted by Gasteiger charge is 2.18. The molecule has 0 radical (unpaired) electrons. The number of rotatable bonds is 6. The Morgan fingerprint density at radius 1 is 0.875 bits per heavy atom. The SMILES string of the molecule is COc1ccc(S(=O)(=O)Nc2cccc(S(N)(=O)=O)c2)cc1OC. The van der Waals surface area contributed by atoms with Crippen LogP contribution < -0.4 is 19.3 Å². The smallest absolute Gasteiger partial charge is 0.262 e. The van der Waals surface area contributed by atoms with Crippen LogP contribution in [0.1, 0.15) is 0 Å². The fourth-order valence-corrected chi connectivity index (χ4v) is 3.56. The average Bonchev–Trinajstić information content (AvgIpc) is 2.53. The topological polar surface area (TPSA) is 125 Å². The maximum absolute atomic E-state index is 12.4. The van der Waals surface area contributed by atoms with E-state index in [9.17, 15) is 16.8 Å². The Morgan fingerprint density at radius 3 is 2.12 bits per heavy atom. The second-order valence-corrected chi connectivity index (χ2v) is 7.94. The normalized spacial score (nSPS) is 11.8. The van der Waals surface area contributed by atoms with Crippen LogP contribution in [-0.4, -0.2) is 31.1 Å². The first-order valence-electron chi connectivity index (χ1n) is 6.55. The van der Waals surface area contributed by atoms with Gasteiger partial charge in [-0.15, -0.1) is 0 Å². The Morgan fingerprint density at radius 2 is 1.54 bits per heavy atom. The first-order chi connectivity index (χ1) is 11.2. The number of sulfonamides is 2. The van der Waals surface area contributed by atoms with Crippen molar-refractivity contribution in [3.05, 3.63) is 42.5 Å². The second kappa shape index (κ2) is 6.67. The molecule has 0 aliphatic rings. The third-order valence-electron chi connectivity index (χ3n) is 3.08. The molecule has 3 N–H and O–H groups in total. The van der Waals surface area contributed by atoms with Gasteiger partial charge in [0.1, 0.15) is 0 Å². The van der Waals surface area contributed by atoms with Crippen molar-refractivity contribution in [2.75, 3.05) is 18.9 Å². The molecule has 10 heteroatoms. The number of nitrogens with two attached hydrogens (primary N) is 1. The van der Waals surface area contributed by atoms with E-state index in [1.165, 1.54) is 50.6 Å². The number of primary sulfonamides is 1. The summed E-state index contributed by atoms with van der Waals surface area (Å²) in [6.07, 6.45) is 0. The monoisotopic (exact) mass is 372 g/mol. The third-order valence-corrected chi connectivity index (χ3v) is 5.37. The maximum atomic E-state index is 12.4. The molecule has 0 unspecified atom stereocenters. The van der Waals surface area contributed by atoms with Crippen LogP contribution in [0.5, 0.6) is 11.5 Å². The number of benzene rings is 2. The minimum Gasteiger partial charge on any atom is -0.493 e. The van der Waals surface area contributed by atoms with Crippen LogP contribution in [0, 0.1) is 0 Å². The zero-order valence-electron chi connectivity index (χ0n) is 12.9. The Hall–Kier alpha value is -2.30. The second-order valence-electron chi connectivity index (χ2n) is 4.70. The zero-order valence-corrected chi connectivity index (χ0v) is 14.5. The van der Waals surface area contributed by atoms with Crippen LogP contribution in [0.15, 0.2) is 52.3 Å². The fourth-order valence-electron chi connectivity index (χ4n) is 1.93. The van der Waals surface area contributed by atoms with E-state index >= 15 is 0 Å². The highest BCUT2D eigenvalue weighted by molar-refractivity contribution is 7.92. The number of hydrogen-bond donors (Lipinski definition) is 2. The Balaban J connectivity index is 2.39. The number of nitrogens with one attached hydrogen (secondary N) is 1. The molecule has 2 rings (SSSR count). The van der Waals surface area contributed by atoms with E-state index < -0.39 is 20.0 Å². The van der Waals surface area contributed by atoms with Crippen molar-refractivity contribution in [2.24, 2.45) is 5.14 Å². The van der Waals surface area contributed by atoms with E-state index in [0.29, 0.717) is 5.75 Å². The summed E-state index contributed by atoms with van der Waals surface area (Å²) in [5.41, 5.74) is 0.0660. The van der Waals surface area contributed by atoms with Crippen molar-refractivity contribution < 1.29 is 26.3 Å². The van der Waals surface area contributed by atoms with Gasteiger partial charge in [-0.05, 0) is 30.3 Å². The molecule has 130 valence electrons. The molecule has 0 aliphatic heterocycles.